The predicted octanol–water partition coefficient (Wildman–Crippen LogP) is 2.48. The fourth-order valence-corrected chi connectivity index (χ4v) is 3.24. The van der Waals surface area contributed by atoms with Gasteiger partial charge in [-0.2, -0.15) is 5.26 Å². The highest BCUT2D eigenvalue weighted by Crippen LogP contribution is 2.45. The maximum absolute atomic E-state index is 11.7. The van der Waals surface area contributed by atoms with Crippen LogP contribution in [0.5, 0.6) is 5.88 Å². The van der Waals surface area contributed by atoms with Crippen LogP contribution < -0.4 is 10.5 Å². The third-order valence-electron chi connectivity index (χ3n) is 4.55. The van der Waals surface area contributed by atoms with Gasteiger partial charge in [0.25, 0.3) is 0 Å². The van der Waals surface area contributed by atoms with Crippen molar-refractivity contribution in [2.75, 3.05) is 7.11 Å². The molecule has 138 valence electrons. The Bertz CT molecular complexity index is 1110. The number of carbonyl (C=O) groups is 1. The van der Waals surface area contributed by atoms with Crippen molar-refractivity contribution in [1.82, 2.24) is 15.2 Å². The summed E-state index contributed by atoms with van der Waals surface area (Å²) in [5.41, 5.74) is 9.59. The number of H-pyrrole nitrogens is 1. The number of fused-ring (bicyclic) bond motifs is 1. The first-order valence-corrected chi connectivity index (χ1v) is 8.38. The largest absolute Gasteiger partial charge is 0.465 e. The van der Waals surface area contributed by atoms with Crippen molar-refractivity contribution in [3.63, 3.8) is 0 Å². The lowest BCUT2D eigenvalue weighted by Crippen LogP contribution is -2.21. The summed E-state index contributed by atoms with van der Waals surface area (Å²) < 4.78 is 10.3. The third kappa shape index (κ3) is 2.75. The Kier molecular flexibility index (Phi) is 4.26. The number of nitrogens with one attached hydrogen (secondary N) is 1. The minimum atomic E-state index is -0.475. The minimum absolute atomic E-state index is 0.0166. The van der Waals surface area contributed by atoms with Gasteiger partial charge in [0.15, 0.2) is 0 Å². The Hall–Kier alpha value is -4.12. The monoisotopic (exact) mass is 373 g/mol. The van der Waals surface area contributed by atoms with Gasteiger partial charge in [-0.3, -0.25) is 10.1 Å². The Morgan fingerprint density at radius 2 is 2.11 bits per heavy atom. The van der Waals surface area contributed by atoms with E-state index in [1.54, 1.807) is 42.7 Å². The maximum Gasteiger partial charge on any atom is 0.337 e. The van der Waals surface area contributed by atoms with E-state index in [1.807, 2.05) is 6.07 Å². The van der Waals surface area contributed by atoms with Crippen molar-refractivity contribution in [3.8, 4) is 23.2 Å². The van der Waals surface area contributed by atoms with Crippen LogP contribution in [0.25, 0.3) is 11.3 Å². The summed E-state index contributed by atoms with van der Waals surface area (Å²) in [6.07, 6.45) is 3.34. The standard InChI is InChI=1S/C20H15N5O3/c1-27-20(26)12-6-4-11(5-7-12)17-16-15(13-3-2-8-23-10-13)14(9-21)18(22)28-19(16)25-24-17/h2-8,10,15H,22H2,1H3,(H,24,25). The van der Waals surface area contributed by atoms with Crippen LogP contribution in [0, 0.1) is 11.3 Å². The molecular weight excluding hydrogens is 358 g/mol. The van der Waals surface area contributed by atoms with Gasteiger partial charge in [-0.15, -0.1) is 5.10 Å². The van der Waals surface area contributed by atoms with Crippen molar-refractivity contribution >= 4 is 5.97 Å². The molecule has 1 atom stereocenters. The molecule has 0 fully saturated rings. The molecule has 1 aliphatic heterocycles. The molecule has 0 amide bonds. The second-order valence-corrected chi connectivity index (χ2v) is 6.10. The number of nitrogens with two attached hydrogens (primary N) is 1. The summed E-state index contributed by atoms with van der Waals surface area (Å²) in [6, 6.07) is 12.7. The molecule has 4 rings (SSSR count). The Morgan fingerprint density at radius 1 is 1.32 bits per heavy atom. The van der Waals surface area contributed by atoms with Gasteiger partial charge in [-0.25, -0.2) is 4.79 Å². The SMILES string of the molecule is COC(=O)c1ccc(-c2[nH]nc3c2C(c2cccnc2)C(C#N)=C(N)O3)cc1. The molecule has 3 heterocycles. The lowest BCUT2D eigenvalue weighted by atomic mass is 9.83. The molecule has 1 aliphatic rings. The second kappa shape index (κ2) is 6.89. The van der Waals surface area contributed by atoms with E-state index in [4.69, 9.17) is 15.2 Å². The normalized spacial score (nSPS) is 15.4. The lowest BCUT2D eigenvalue weighted by Gasteiger charge is -2.23. The zero-order valence-electron chi connectivity index (χ0n) is 14.8. The quantitative estimate of drug-likeness (QED) is 0.675. The summed E-state index contributed by atoms with van der Waals surface area (Å²) in [4.78, 5) is 15.8. The average molecular weight is 373 g/mol. The molecule has 1 unspecified atom stereocenters. The Morgan fingerprint density at radius 3 is 2.75 bits per heavy atom. The molecule has 0 saturated heterocycles. The summed E-state index contributed by atoms with van der Waals surface area (Å²) >= 11 is 0. The van der Waals surface area contributed by atoms with Gasteiger partial charge in [0.1, 0.15) is 11.6 Å². The molecule has 0 aliphatic carbocycles. The van der Waals surface area contributed by atoms with Gasteiger partial charge in [0.05, 0.1) is 29.8 Å². The molecular formula is C20H15N5O3. The first kappa shape index (κ1) is 17.3. The van der Waals surface area contributed by atoms with Crippen LogP contribution in [0.2, 0.25) is 0 Å². The molecule has 8 heteroatoms. The second-order valence-electron chi connectivity index (χ2n) is 6.10. The van der Waals surface area contributed by atoms with Crippen molar-refractivity contribution < 1.29 is 14.3 Å². The molecule has 0 bridgehead atoms. The number of ether oxygens (including phenoxy) is 2. The van der Waals surface area contributed by atoms with Crippen LogP contribution in [-0.4, -0.2) is 28.3 Å². The number of aromatic amines is 1. The molecule has 8 nitrogen and oxygen atoms in total. The van der Waals surface area contributed by atoms with E-state index in [0.717, 1.165) is 11.1 Å². The van der Waals surface area contributed by atoms with E-state index < -0.39 is 11.9 Å². The van der Waals surface area contributed by atoms with Crippen LogP contribution in [0.4, 0.5) is 0 Å². The van der Waals surface area contributed by atoms with E-state index in [2.05, 4.69) is 21.3 Å². The van der Waals surface area contributed by atoms with Gasteiger partial charge in [-0.1, -0.05) is 18.2 Å². The van der Waals surface area contributed by atoms with E-state index in [-0.39, 0.29) is 11.5 Å². The fraction of sp³-hybridized carbons (Fsp3) is 0.100. The maximum atomic E-state index is 11.7. The van der Waals surface area contributed by atoms with E-state index >= 15 is 0 Å². The molecule has 0 spiro atoms. The number of benzene rings is 1. The van der Waals surface area contributed by atoms with Crippen LogP contribution in [0.3, 0.4) is 0 Å². The number of pyridine rings is 1. The van der Waals surface area contributed by atoms with Gasteiger partial charge in [0.2, 0.25) is 11.8 Å². The topological polar surface area (TPSA) is 127 Å². The number of hydrogen-bond acceptors (Lipinski definition) is 7. The summed E-state index contributed by atoms with van der Waals surface area (Å²) in [6.45, 7) is 0. The number of nitrogens with zero attached hydrogens (tertiary/aromatic N) is 3. The van der Waals surface area contributed by atoms with Crippen molar-refractivity contribution in [2.24, 2.45) is 5.73 Å². The number of carbonyl (C=O) groups excluding carboxylic acids is 1. The summed E-state index contributed by atoms with van der Waals surface area (Å²) in [7, 11) is 1.33. The smallest absolute Gasteiger partial charge is 0.337 e. The van der Waals surface area contributed by atoms with Crippen LogP contribution in [-0.2, 0) is 4.74 Å². The molecule has 0 saturated carbocycles. The Balaban J connectivity index is 1.86. The number of esters is 1. The van der Waals surface area contributed by atoms with E-state index in [9.17, 15) is 10.1 Å². The third-order valence-corrected chi connectivity index (χ3v) is 4.55. The van der Waals surface area contributed by atoms with Gasteiger partial charge in [0, 0.05) is 18.0 Å². The van der Waals surface area contributed by atoms with Crippen molar-refractivity contribution in [1.29, 1.82) is 5.26 Å². The lowest BCUT2D eigenvalue weighted by molar-refractivity contribution is 0.0600. The Labute approximate surface area is 160 Å². The van der Waals surface area contributed by atoms with Crippen molar-refractivity contribution in [3.05, 3.63) is 76.9 Å². The molecule has 1 aromatic carbocycles. The van der Waals surface area contributed by atoms with Gasteiger partial charge in [-0.05, 0) is 23.8 Å². The first-order valence-electron chi connectivity index (χ1n) is 8.38. The van der Waals surface area contributed by atoms with E-state index in [0.29, 0.717) is 22.7 Å². The number of methoxy groups -OCH3 is 1. The average Bonchev–Trinajstić information content (AvgIpc) is 3.16. The van der Waals surface area contributed by atoms with Gasteiger partial charge < -0.3 is 15.2 Å². The molecule has 28 heavy (non-hydrogen) atoms. The number of rotatable bonds is 3. The molecule has 3 aromatic rings. The molecule has 3 N–H and O–H groups in total. The number of allylic oxidation sites excluding steroid dienone is 1. The van der Waals surface area contributed by atoms with Crippen LogP contribution in [0.15, 0.2) is 60.2 Å². The highest BCUT2D eigenvalue weighted by molar-refractivity contribution is 5.90. The highest BCUT2D eigenvalue weighted by Gasteiger charge is 2.35. The zero-order chi connectivity index (χ0) is 19.7. The predicted molar refractivity (Wildman–Crippen MR) is 98.9 cm³/mol. The molecule has 2 aromatic heterocycles. The fourth-order valence-electron chi connectivity index (χ4n) is 3.24. The summed E-state index contributed by atoms with van der Waals surface area (Å²) in [5.74, 6) is -0.575. The molecule has 0 radical (unpaired) electrons. The number of nitriles is 1. The van der Waals surface area contributed by atoms with Crippen molar-refractivity contribution in [2.45, 2.75) is 5.92 Å². The zero-order valence-corrected chi connectivity index (χ0v) is 14.8. The number of hydrogen-bond donors (Lipinski definition) is 2. The van der Waals surface area contributed by atoms with E-state index in [1.165, 1.54) is 7.11 Å². The minimum Gasteiger partial charge on any atom is -0.465 e. The highest BCUT2D eigenvalue weighted by atomic mass is 16.5. The number of aromatic nitrogens is 3. The summed E-state index contributed by atoms with van der Waals surface area (Å²) in [5, 5.41) is 16.8. The van der Waals surface area contributed by atoms with Crippen LogP contribution >= 0.6 is 0 Å². The van der Waals surface area contributed by atoms with Crippen LogP contribution in [0.1, 0.15) is 27.4 Å². The van der Waals surface area contributed by atoms with Gasteiger partial charge >= 0.3 is 5.97 Å². The first-order chi connectivity index (χ1) is 13.6.